The van der Waals surface area contributed by atoms with Crippen molar-refractivity contribution in [2.45, 2.75) is 13.0 Å². The van der Waals surface area contributed by atoms with Gasteiger partial charge in [0.25, 0.3) is 5.91 Å². The third-order valence-corrected chi connectivity index (χ3v) is 5.39. The van der Waals surface area contributed by atoms with Crippen LogP contribution in [0.25, 0.3) is 10.9 Å². The van der Waals surface area contributed by atoms with Gasteiger partial charge in [-0.3, -0.25) is 14.5 Å². The van der Waals surface area contributed by atoms with Crippen LogP contribution in [-0.2, 0) is 4.74 Å². The number of carbonyl (C=O) groups is 1. The van der Waals surface area contributed by atoms with Gasteiger partial charge >= 0.3 is 0 Å². The summed E-state index contributed by atoms with van der Waals surface area (Å²) in [5, 5.41) is 0.560. The molecule has 1 aromatic heterocycles. The summed E-state index contributed by atoms with van der Waals surface area (Å²) in [7, 11) is 0. The van der Waals surface area contributed by atoms with Crippen LogP contribution in [0.2, 0.25) is 0 Å². The number of pyridine rings is 1. The van der Waals surface area contributed by atoms with Crippen LogP contribution in [-0.4, -0.2) is 66.1 Å². The van der Waals surface area contributed by atoms with Gasteiger partial charge in [0.05, 0.1) is 13.2 Å². The Kier molecular flexibility index (Phi) is 4.31. The number of hydrogen-bond acceptors (Lipinski definition) is 4. The molecule has 2 atom stereocenters. The highest BCUT2D eigenvalue weighted by molar-refractivity contribution is 5.97. The van der Waals surface area contributed by atoms with E-state index < -0.39 is 0 Å². The van der Waals surface area contributed by atoms with Crippen LogP contribution in [0.1, 0.15) is 17.3 Å². The average Bonchev–Trinajstić information content (AvgIpc) is 3.04. The molecule has 1 aromatic carbocycles. The minimum Gasteiger partial charge on any atom is -0.379 e. The number of rotatable bonds is 2. The summed E-state index contributed by atoms with van der Waals surface area (Å²) in [5.41, 5.74) is 0.792. The largest absolute Gasteiger partial charge is 0.379 e. The van der Waals surface area contributed by atoms with Crippen molar-refractivity contribution in [2.75, 3.05) is 39.4 Å². The molecular weight excluding hydrogens is 318 g/mol. The monoisotopic (exact) mass is 341 g/mol. The number of fused-ring (bicyclic) bond motifs is 1. The average molecular weight is 341 g/mol. The SMILES string of the molecule is C[C@@H]1CN(C(=O)c2c[nH]c3ccccc3c2=O)C[C@H]1N1CCOCC1. The molecule has 6 heteroatoms. The zero-order chi connectivity index (χ0) is 17.4. The van der Waals surface area contributed by atoms with Gasteiger partial charge in [-0.15, -0.1) is 0 Å². The summed E-state index contributed by atoms with van der Waals surface area (Å²) in [4.78, 5) is 33.0. The molecule has 1 N–H and O–H groups in total. The summed E-state index contributed by atoms with van der Waals surface area (Å²) < 4.78 is 5.43. The third kappa shape index (κ3) is 2.96. The first-order valence-electron chi connectivity index (χ1n) is 8.86. The van der Waals surface area contributed by atoms with E-state index >= 15 is 0 Å². The van der Waals surface area contributed by atoms with E-state index in [0.29, 0.717) is 30.4 Å². The third-order valence-electron chi connectivity index (χ3n) is 5.39. The van der Waals surface area contributed by atoms with E-state index in [9.17, 15) is 9.59 Å². The van der Waals surface area contributed by atoms with Crippen molar-refractivity contribution in [1.82, 2.24) is 14.8 Å². The Hall–Kier alpha value is -2.18. The van der Waals surface area contributed by atoms with Crippen molar-refractivity contribution in [2.24, 2.45) is 5.92 Å². The van der Waals surface area contributed by atoms with Crippen molar-refractivity contribution >= 4 is 16.8 Å². The Bertz CT molecular complexity index is 841. The van der Waals surface area contributed by atoms with Gasteiger partial charge in [-0.1, -0.05) is 19.1 Å². The molecule has 3 heterocycles. The van der Waals surface area contributed by atoms with Crippen LogP contribution >= 0.6 is 0 Å². The van der Waals surface area contributed by atoms with Gasteiger partial charge in [0.1, 0.15) is 5.56 Å². The van der Waals surface area contributed by atoms with Gasteiger partial charge in [0, 0.05) is 49.3 Å². The normalized spacial score (nSPS) is 24.8. The second-order valence-electron chi connectivity index (χ2n) is 6.98. The first-order valence-corrected chi connectivity index (χ1v) is 8.86. The molecule has 132 valence electrons. The molecule has 2 saturated heterocycles. The highest BCUT2D eigenvalue weighted by Crippen LogP contribution is 2.24. The summed E-state index contributed by atoms with van der Waals surface area (Å²) in [5.74, 6) is 0.219. The van der Waals surface area contributed by atoms with E-state index in [1.54, 1.807) is 12.3 Å². The lowest BCUT2D eigenvalue weighted by Crippen LogP contribution is -2.47. The van der Waals surface area contributed by atoms with Crippen molar-refractivity contribution in [1.29, 1.82) is 0 Å². The highest BCUT2D eigenvalue weighted by atomic mass is 16.5. The lowest BCUT2D eigenvalue weighted by Gasteiger charge is -2.33. The number of nitrogens with one attached hydrogen (secondary N) is 1. The minimum atomic E-state index is -0.193. The predicted octanol–water partition coefficient (Wildman–Crippen LogP) is 1.32. The van der Waals surface area contributed by atoms with Gasteiger partial charge in [0.15, 0.2) is 0 Å². The molecule has 6 nitrogen and oxygen atoms in total. The topological polar surface area (TPSA) is 65.6 Å². The molecule has 0 radical (unpaired) electrons. The number of benzene rings is 1. The number of aromatic nitrogens is 1. The Morgan fingerprint density at radius 3 is 2.76 bits per heavy atom. The number of hydrogen-bond donors (Lipinski definition) is 1. The molecular formula is C19H23N3O3. The number of aromatic amines is 1. The second kappa shape index (κ2) is 6.61. The number of morpholine rings is 1. The molecule has 0 aliphatic carbocycles. The number of amides is 1. The van der Waals surface area contributed by atoms with Crippen molar-refractivity contribution < 1.29 is 9.53 Å². The van der Waals surface area contributed by atoms with E-state index in [0.717, 1.165) is 31.8 Å². The second-order valence-corrected chi connectivity index (χ2v) is 6.98. The van der Waals surface area contributed by atoms with Crippen LogP contribution in [0, 0.1) is 5.92 Å². The van der Waals surface area contributed by atoms with Crippen LogP contribution in [0.15, 0.2) is 35.3 Å². The first kappa shape index (κ1) is 16.3. The summed E-state index contributed by atoms with van der Waals surface area (Å²) in [6.45, 7) is 6.86. The zero-order valence-electron chi connectivity index (χ0n) is 14.4. The smallest absolute Gasteiger partial charge is 0.259 e. The number of nitrogens with zero attached hydrogens (tertiary/aromatic N) is 2. The number of carbonyl (C=O) groups excluding carboxylic acids is 1. The number of H-pyrrole nitrogens is 1. The molecule has 2 aromatic rings. The van der Waals surface area contributed by atoms with Crippen molar-refractivity contribution in [3.8, 4) is 0 Å². The summed E-state index contributed by atoms with van der Waals surface area (Å²) >= 11 is 0. The fourth-order valence-corrected chi connectivity index (χ4v) is 4.00. The lowest BCUT2D eigenvalue weighted by atomic mass is 10.0. The Balaban J connectivity index is 1.57. The van der Waals surface area contributed by atoms with E-state index in [-0.39, 0.29) is 16.9 Å². The fourth-order valence-electron chi connectivity index (χ4n) is 4.00. The van der Waals surface area contributed by atoms with Crippen LogP contribution in [0.5, 0.6) is 0 Å². The van der Waals surface area contributed by atoms with Gasteiger partial charge in [0.2, 0.25) is 5.43 Å². The molecule has 2 fully saturated rings. The first-order chi connectivity index (χ1) is 12.1. The summed E-state index contributed by atoms with van der Waals surface area (Å²) in [6, 6.07) is 7.63. The standard InChI is InChI=1S/C19H23N3O3/c1-13-11-22(12-17(13)21-6-8-25-9-7-21)19(24)15-10-20-16-5-3-2-4-14(16)18(15)23/h2-5,10,13,17H,6-9,11-12H2,1H3,(H,20,23)/t13-,17-/m1/s1. The van der Waals surface area contributed by atoms with Crippen molar-refractivity contribution in [3.63, 3.8) is 0 Å². The number of likely N-dealkylation sites (tertiary alicyclic amines) is 1. The molecule has 4 rings (SSSR count). The number of para-hydroxylation sites is 1. The maximum Gasteiger partial charge on any atom is 0.259 e. The molecule has 0 spiro atoms. The Morgan fingerprint density at radius 2 is 1.96 bits per heavy atom. The van der Waals surface area contributed by atoms with E-state index in [2.05, 4.69) is 16.8 Å². The quantitative estimate of drug-likeness (QED) is 0.895. The maximum absolute atomic E-state index is 12.9. The molecule has 0 saturated carbocycles. The molecule has 2 aliphatic rings. The van der Waals surface area contributed by atoms with Gasteiger partial charge in [-0.05, 0) is 18.1 Å². The Morgan fingerprint density at radius 1 is 1.20 bits per heavy atom. The molecule has 2 aliphatic heterocycles. The van der Waals surface area contributed by atoms with E-state index in [4.69, 9.17) is 4.74 Å². The van der Waals surface area contributed by atoms with E-state index in [1.165, 1.54) is 0 Å². The van der Waals surface area contributed by atoms with Crippen molar-refractivity contribution in [3.05, 3.63) is 46.2 Å². The maximum atomic E-state index is 12.9. The fraction of sp³-hybridized carbons (Fsp3) is 0.474. The predicted molar refractivity (Wildman–Crippen MR) is 95.8 cm³/mol. The molecule has 1 amide bonds. The van der Waals surface area contributed by atoms with E-state index in [1.807, 2.05) is 23.1 Å². The van der Waals surface area contributed by atoms with Crippen LogP contribution in [0.3, 0.4) is 0 Å². The zero-order valence-corrected chi connectivity index (χ0v) is 14.4. The minimum absolute atomic E-state index is 0.172. The van der Waals surface area contributed by atoms with Crippen LogP contribution in [0.4, 0.5) is 0 Å². The van der Waals surface area contributed by atoms with Gasteiger partial charge < -0.3 is 14.6 Å². The molecule has 0 unspecified atom stereocenters. The summed E-state index contributed by atoms with van der Waals surface area (Å²) in [6.07, 6.45) is 1.56. The van der Waals surface area contributed by atoms with Gasteiger partial charge in [-0.25, -0.2) is 0 Å². The lowest BCUT2D eigenvalue weighted by molar-refractivity contribution is 0.0119. The molecule has 25 heavy (non-hydrogen) atoms. The highest BCUT2D eigenvalue weighted by Gasteiger charge is 2.37. The molecule has 0 bridgehead atoms. The number of ether oxygens (including phenoxy) is 1. The van der Waals surface area contributed by atoms with Gasteiger partial charge in [-0.2, -0.15) is 0 Å². The Labute approximate surface area is 146 Å². The van der Waals surface area contributed by atoms with Crippen LogP contribution < -0.4 is 5.43 Å².